The van der Waals surface area contributed by atoms with Gasteiger partial charge in [0.25, 0.3) is 0 Å². The van der Waals surface area contributed by atoms with Gasteiger partial charge in [0.05, 0.1) is 19.3 Å². The van der Waals surface area contributed by atoms with E-state index in [-0.39, 0.29) is 24.0 Å². The molecule has 1 unspecified atom stereocenters. The minimum atomic E-state index is 0. The molecule has 0 amide bonds. The fourth-order valence-electron chi connectivity index (χ4n) is 3.98. The molecule has 1 saturated heterocycles. The summed E-state index contributed by atoms with van der Waals surface area (Å²) >= 11 is 0. The van der Waals surface area contributed by atoms with E-state index in [9.17, 15) is 0 Å². The summed E-state index contributed by atoms with van der Waals surface area (Å²) in [6.45, 7) is 4.70. The fraction of sp³-hybridized carbons (Fsp3) is 0.391. The Morgan fingerprint density at radius 1 is 1.26 bits per heavy atom. The number of pyridine rings is 1. The maximum atomic E-state index is 5.38. The molecule has 3 heterocycles. The first-order valence-electron chi connectivity index (χ1n) is 10.5. The largest absolute Gasteiger partial charge is 0.497 e. The number of piperidine rings is 1. The minimum absolute atomic E-state index is 0. The standard InChI is InChI=1S/C23H30N6O.HI/c1-17-7-4-11-22-26-19(16-29(17)22)14-25-23(24-2)27-18-8-6-12-28(15-18)20-9-5-10-21(13-20)30-3;/h4-5,7,9-11,13,16,18H,6,8,12,14-15H2,1-3H3,(H2,24,25,27);1H. The van der Waals surface area contributed by atoms with Gasteiger partial charge in [-0.2, -0.15) is 0 Å². The number of rotatable bonds is 5. The SMILES string of the molecule is CN=C(NCc1cn2c(C)cccc2n1)NC1CCCN(c2cccc(OC)c2)C1.I. The van der Waals surface area contributed by atoms with E-state index in [1.807, 2.05) is 31.3 Å². The number of aliphatic imine (C=N–C) groups is 1. The van der Waals surface area contributed by atoms with Crippen molar-refractivity contribution >= 4 is 41.3 Å². The maximum absolute atomic E-state index is 5.38. The molecule has 1 aliphatic heterocycles. The van der Waals surface area contributed by atoms with Crippen LogP contribution in [0.3, 0.4) is 0 Å². The van der Waals surface area contributed by atoms with Gasteiger partial charge in [-0.3, -0.25) is 4.99 Å². The molecule has 0 spiro atoms. The quantitative estimate of drug-likeness (QED) is 0.298. The van der Waals surface area contributed by atoms with E-state index in [0.29, 0.717) is 12.6 Å². The van der Waals surface area contributed by atoms with Crippen molar-refractivity contribution in [3.05, 3.63) is 60.0 Å². The van der Waals surface area contributed by atoms with E-state index in [4.69, 9.17) is 9.72 Å². The number of methoxy groups -OCH3 is 1. The number of nitrogens with one attached hydrogen (secondary N) is 2. The van der Waals surface area contributed by atoms with Crippen molar-refractivity contribution in [1.29, 1.82) is 0 Å². The zero-order chi connectivity index (χ0) is 20.9. The van der Waals surface area contributed by atoms with Crippen LogP contribution < -0.4 is 20.3 Å². The summed E-state index contributed by atoms with van der Waals surface area (Å²) in [6.07, 6.45) is 4.34. The van der Waals surface area contributed by atoms with E-state index in [2.05, 4.69) is 56.2 Å². The number of aryl methyl sites for hydroxylation is 1. The highest BCUT2D eigenvalue weighted by Gasteiger charge is 2.21. The van der Waals surface area contributed by atoms with Crippen molar-refractivity contribution in [1.82, 2.24) is 20.0 Å². The van der Waals surface area contributed by atoms with Crippen molar-refractivity contribution in [3.63, 3.8) is 0 Å². The Morgan fingerprint density at radius 2 is 2.10 bits per heavy atom. The molecule has 0 saturated carbocycles. The number of fused-ring (bicyclic) bond motifs is 1. The summed E-state index contributed by atoms with van der Waals surface area (Å²) in [4.78, 5) is 11.5. The van der Waals surface area contributed by atoms with Gasteiger partial charge in [0.1, 0.15) is 11.4 Å². The summed E-state index contributed by atoms with van der Waals surface area (Å²) in [7, 11) is 3.52. The average Bonchev–Trinajstić information content (AvgIpc) is 3.21. The summed E-state index contributed by atoms with van der Waals surface area (Å²) in [5.41, 5.74) is 4.34. The Hall–Kier alpha value is -2.49. The number of aromatic nitrogens is 2. The first kappa shape index (κ1) is 23.2. The van der Waals surface area contributed by atoms with Gasteiger partial charge in [-0.15, -0.1) is 24.0 Å². The second kappa shape index (κ2) is 10.7. The van der Waals surface area contributed by atoms with Crippen molar-refractivity contribution in [2.45, 2.75) is 32.4 Å². The van der Waals surface area contributed by atoms with Crippen molar-refractivity contribution in [3.8, 4) is 5.75 Å². The van der Waals surface area contributed by atoms with E-state index in [0.717, 1.165) is 49.0 Å². The summed E-state index contributed by atoms with van der Waals surface area (Å²) in [5, 5.41) is 6.99. The van der Waals surface area contributed by atoms with Crippen LogP contribution in [0.1, 0.15) is 24.2 Å². The normalized spacial score (nSPS) is 16.7. The lowest BCUT2D eigenvalue weighted by molar-refractivity contribution is 0.414. The molecule has 31 heavy (non-hydrogen) atoms. The summed E-state index contributed by atoms with van der Waals surface area (Å²) < 4.78 is 7.49. The summed E-state index contributed by atoms with van der Waals surface area (Å²) in [6, 6.07) is 14.7. The van der Waals surface area contributed by atoms with Crippen LogP contribution in [-0.2, 0) is 6.54 Å². The van der Waals surface area contributed by atoms with E-state index < -0.39 is 0 Å². The number of anilines is 1. The van der Waals surface area contributed by atoms with Gasteiger partial charge in [-0.1, -0.05) is 12.1 Å². The molecule has 4 rings (SSSR count). The van der Waals surface area contributed by atoms with Crippen LogP contribution in [0.25, 0.3) is 5.65 Å². The van der Waals surface area contributed by atoms with E-state index in [1.165, 1.54) is 11.4 Å². The lowest BCUT2D eigenvalue weighted by Crippen LogP contribution is -2.51. The molecule has 1 atom stereocenters. The van der Waals surface area contributed by atoms with Gasteiger partial charge in [0.15, 0.2) is 5.96 Å². The van der Waals surface area contributed by atoms with Gasteiger partial charge in [0.2, 0.25) is 0 Å². The Morgan fingerprint density at radius 3 is 2.87 bits per heavy atom. The molecule has 0 bridgehead atoms. The Bertz CT molecular complexity index is 1030. The molecule has 7 nitrogen and oxygen atoms in total. The Kier molecular flexibility index (Phi) is 8.00. The second-order valence-corrected chi connectivity index (χ2v) is 7.68. The second-order valence-electron chi connectivity index (χ2n) is 7.68. The molecule has 0 aliphatic carbocycles. The molecule has 1 aliphatic rings. The van der Waals surface area contributed by atoms with Crippen LogP contribution in [0, 0.1) is 6.92 Å². The maximum Gasteiger partial charge on any atom is 0.191 e. The van der Waals surface area contributed by atoms with Crippen molar-refractivity contribution in [2.24, 2.45) is 4.99 Å². The highest BCUT2D eigenvalue weighted by atomic mass is 127. The van der Waals surface area contributed by atoms with Gasteiger partial charge in [-0.05, 0) is 44.0 Å². The predicted octanol–water partition coefficient (Wildman–Crippen LogP) is 3.60. The van der Waals surface area contributed by atoms with Crippen LogP contribution in [0.2, 0.25) is 0 Å². The van der Waals surface area contributed by atoms with Crippen LogP contribution in [0.4, 0.5) is 5.69 Å². The number of nitrogens with zero attached hydrogens (tertiary/aromatic N) is 4. The molecule has 3 aromatic rings. The fourth-order valence-corrected chi connectivity index (χ4v) is 3.98. The minimum Gasteiger partial charge on any atom is -0.497 e. The van der Waals surface area contributed by atoms with Gasteiger partial charge in [0, 0.05) is 49.8 Å². The molecule has 2 N–H and O–H groups in total. The Balaban J connectivity index is 0.00000272. The van der Waals surface area contributed by atoms with Gasteiger partial charge >= 0.3 is 0 Å². The molecule has 0 radical (unpaired) electrons. The molecule has 1 aromatic carbocycles. The van der Waals surface area contributed by atoms with Crippen LogP contribution in [-0.4, -0.2) is 48.6 Å². The van der Waals surface area contributed by atoms with Crippen molar-refractivity contribution in [2.75, 3.05) is 32.1 Å². The van der Waals surface area contributed by atoms with Crippen molar-refractivity contribution < 1.29 is 4.74 Å². The van der Waals surface area contributed by atoms with Crippen LogP contribution in [0.5, 0.6) is 5.75 Å². The number of guanidine groups is 1. The number of imidazole rings is 1. The number of hydrogen-bond acceptors (Lipinski definition) is 4. The molecule has 2 aromatic heterocycles. The third kappa shape index (κ3) is 5.61. The highest BCUT2D eigenvalue weighted by molar-refractivity contribution is 14.0. The number of ether oxygens (including phenoxy) is 1. The zero-order valence-corrected chi connectivity index (χ0v) is 20.7. The number of hydrogen-bond donors (Lipinski definition) is 2. The third-order valence-electron chi connectivity index (χ3n) is 5.59. The van der Waals surface area contributed by atoms with Crippen LogP contribution >= 0.6 is 24.0 Å². The van der Waals surface area contributed by atoms with Gasteiger partial charge < -0.3 is 24.7 Å². The van der Waals surface area contributed by atoms with E-state index >= 15 is 0 Å². The lowest BCUT2D eigenvalue weighted by Gasteiger charge is -2.35. The third-order valence-corrected chi connectivity index (χ3v) is 5.59. The zero-order valence-electron chi connectivity index (χ0n) is 18.3. The monoisotopic (exact) mass is 534 g/mol. The van der Waals surface area contributed by atoms with Crippen LogP contribution in [0.15, 0.2) is 53.7 Å². The predicted molar refractivity (Wildman–Crippen MR) is 137 cm³/mol. The smallest absolute Gasteiger partial charge is 0.191 e. The lowest BCUT2D eigenvalue weighted by atomic mass is 10.0. The average molecular weight is 534 g/mol. The molecule has 1 fully saturated rings. The van der Waals surface area contributed by atoms with Gasteiger partial charge in [-0.25, -0.2) is 4.98 Å². The molecular weight excluding hydrogens is 503 g/mol. The highest BCUT2D eigenvalue weighted by Crippen LogP contribution is 2.24. The number of benzene rings is 1. The molecule has 8 heteroatoms. The first-order chi connectivity index (χ1) is 14.7. The number of halogens is 1. The summed E-state index contributed by atoms with van der Waals surface area (Å²) in [5.74, 6) is 1.70. The Labute approximate surface area is 200 Å². The topological polar surface area (TPSA) is 66.2 Å². The molecular formula is C23H31IN6O. The first-order valence-corrected chi connectivity index (χ1v) is 10.5. The molecule has 166 valence electrons. The van der Waals surface area contributed by atoms with E-state index in [1.54, 1.807) is 7.11 Å².